The van der Waals surface area contributed by atoms with Crippen LogP contribution in [0.4, 0.5) is 0 Å². The Morgan fingerprint density at radius 1 is 1.78 bits per heavy atom. The lowest BCUT2D eigenvalue weighted by atomic mass is 10.6. The van der Waals surface area contributed by atoms with Crippen LogP contribution < -0.4 is 0 Å². The minimum atomic E-state index is 0.724. The molecule has 0 amide bonds. The van der Waals surface area contributed by atoms with E-state index in [-0.39, 0.29) is 0 Å². The fraction of sp³-hybridized carbons (Fsp3) is 0.500. The zero-order chi connectivity index (χ0) is 6.85. The van der Waals surface area contributed by atoms with Gasteiger partial charge in [-0.2, -0.15) is 12.6 Å². The molecule has 0 saturated carbocycles. The lowest BCUT2D eigenvalue weighted by Crippen LogP contribution is -1.86. The van der Waals surface area contributed by atoms with Crippen molar-refractivity contribution in [3.8, 4) is 0 Å². The minimum Gasteiger partial charge on any atom is -0.338 e. The number of rotatable bonds is 1. The highest BCUT2D eigenvalue weighted by Crippen LogP contribution is 2.01. The Morgan fingerprint density at radius 3 is 2.67 bits per heavy atom. The van der Waals surface area contributed by atoms with Gasteiger partial charge in [-0.25, -0.2) is 4.98 Å². The molecule has 1 aromatic rings. The maximum Gasteiger partial charge on any atom is 0.105 e. The van der Waals surface area contributed by atoms with E-state index < -0.39 is 0 Å². The standard InChI is InChI=1S/C6H10N2S/c1-5-7-6(4-9)3-8(5)2/h3,9H,4H2,1-2H3. The largest absolute Gasteiger partial charge is 0.338 e. The zero-order valence-electron chi connectivity index (χ0n) is 5.63. The van der Waals surface area contributed by atoms with Crippen molar-refractivity contribution in [1.29, 1.82) is 0 Å². The number of hydrogen-bond acceptors (Lipinski definition) is 2. The molecular weight excluding hydrogens is 132 g/mol. The van der Waals surface area contributed by atoms with Gasteiger partial charge in [0.15, 0.2) is 0 Å². The third kappa shape index (κ3) is 1.27. The van der Waals surface area contributed by atoms with Gasteiger partial charge in [0.05, 0.1) is 5.69 Å². The third-order valence-corrected chi connectivity index (χ3v) is 1.64. The number of hydrogen-bond donors (Lipinski definition) is 1. The van der Waals surface area contributed by atoms with Crippen LogP contribution in [-0.4, -0.2) is 9.55 Å². The van der Waals surface area contributed by atoms with Gasteiger partial charge in [-0.3, -0.25) is 0 Å². The second kappa shape index (κ2) is 2.43. The van der Waals surface area contributed by atoms with Gasteiger partial charge in [0.2, 0.25) is 0 Å². The molecule has 0 spiro atoms. The van der Waals surface area contributed by atoms with Crippen LogP contribution in [0.25, 0.3) is 0 Å². The lowest BCUT2D eigenvalue weighted by Gasteiger charge is -1.87. The van der Waals surface area contributed by atoms with Crippen molar-refractivity contribution in [3.63, 3.8) is 0 Å². The third-order valence-electron chi connectivity index (χ3n) is 1.32. The fourth-order valence-electron chi connectivity index (χ4n) is 0.709. The monoisotopic (exact) mass is 142 g/mol. The average Bonchev–Trinajstić information content (AvgIpc) is 2.13. The van der Waals surface area contributed by atoms with Crippen molar-refractivity contribution in [1.82, 2.24) is 9.55 Å². The Labute approximate surface area is 60.3 Å². The van der Waals surface area contributed by atoms with Crippen LogP contribution in [0.2, 0.25) is 0 Å². The van der Waals surface area contributed by atoms with Gasteiger partial charge in [0.1, 0.15) is 5.82 Å². The molecule has 2 nitrogen and oxygen atoms in total. The number of nitrogens with zero attached hydrogens (tertiary/aromatic N) is 2. The number of thiol groups is 1. The summed E-state index contributed by atoms with van der Waals surface area (Å²) in [4.78, 5) is 4.22. The molecule has 0 aliphatic carbocycles. The van der Waals surface area contributed by atoms with Crippen LogP contribution in [0.15, 0.2) is 6.20 Å². The summed E-state index contributed by atoms with van der Waals surface area (Å²) in [5.74, 6) is 1.76. The van der Waals surface area contributed by atoms with Crippen molar-refractivity contribution < 1.29 is 0 Å². The topological polar surface area (TPSA) is 17.8 Å². The maximum absolute atomic E-state index is 4.22. The fourth-order valence-corrected chi connectivity index (χ4v) is 0.861. The Bertz CT molecular complexity index is 185. The van der Waals surface area contributed by atoms with Crippen LogP contribution in [0.5, 0.6) is 0 Å². The van der Waals surface area contributed by atoms with Gasteiger partial charge in [0.25, 0.3) is 0 Å². The van der Waals surface area contributed by atoms with Crippen molar-refractivity contribution in [3.05, 3.63) is 17.7 Å². The van der Waals surface area contributed by atoms with E-state index in [1.807, 2.05) is 24.7 Å². The number of aryl methyl sites for hydroxylation is 2. The van der Waals surface area contributed by atoms with E-state index in [1.54, 1.807) is 0 Å². The van der Waals surface area contributed by atoms with Gasteiger partial charge >= 0.3 is 0 Å². The molecular formula is C6H10N2S. The maximum atomic E-state index is 4.22. The van der Waals surface area contributed by atoms with Crippen LogP contribution in [-0.2, 0) is 12.8 Å². The first-order valence-electron chi connectivity index (χ1n) is 2.83. The SMILES string of the molecule is Cc1nc(CS)cn1C. The molecule has 0 N–H and O–H groups in total. The molecule has 0 radical (unpaired) electrons. The van der Waals surface area contributed by atoms with Crippen molar-refractivity contribution in [2.24, 2.45) is 7.05 Å². The Kier molecular flexibility index (Phi) is 1.81. The highest BCUT2D eigenvalue weighted by molar-refractivity contribution is 7.79. The Hall–Kier alpha value is -0.440. The van der Waals surface area contributed by atoms with Crippen LogP contribution in [0.1, 0.15) is 11.5 Å². The molecule has 0 aliphatic heterocycles. The molecule has 0 saturated heterocycles. The predicted molar refractivity (Wildman–Crippen MR) is 40.6 cm³/mol. The van der Waals surface area contributed by atoms with Gasteiger partial charge in [-0.05, 0) is 6.92 Å². The van der Waals surface area contributed by atoms with E-state index in [0.717, 1.165) is 17.3 Å². The molecule has 0 bridgehead atoms. The molecule has 0 aromatic carbocycles. The number of imidazole rings is 1. The number of aromatic nitrogens is 2. The molecule has 9 heavy (non-hydrogen) atoms. The molecule has 1 aromatic heterocycles. The van der Waals surface area contributed by atoms with E-state index in [4.69, 9.17) is 0 Å². The van der Waals surface area contributed by atoms with Crippen molar-refractivity contribution in [2.45, 2.75) is 12.7 Å². The van der Waals surface area contributed by atoms with Gasteiger partial charge in [0, 0.05) is 19.0 Å². The summed E-state index contributed by atoms with van der Waals surface area (Å²) in [6.07, 6.45) is 1.99. The first-order chi connectivity index (χ1) is 4.24. The van der Waals surface area contributed by atoms with Gasteiger partial charge in [-0.1, -0.05) is 0 Å². The normalized spacial score (nSPS) is 10.1. The first kappa shape index (κ1) is 6.68. The highest BCUT2D eigenvalue weighted by Gasteiger charge is 1.95. The first-order valence-corrected chi connectivity index (χ1v) is 3.47. The van der Waals surface area contributed by atoms with Crippen LogP contribution >= 0.6 is 12.6 Å². The van der Waals surface area contributed by atoms with Crippen molar-refractivity contribution >= 4 is 12.6 Å². The smallest absolute Gasteiger partial charge is 0.105 e. The Morgan fingerprint density at radius 2 is 2.44 bits per heavy atom. The van der Waals surface area contributed by atoms with E-state index in [9.17, 15) is 0 Å². The second-order valence-corrected chi connectivity index (χ2v) is 2.36. The summed E-state index contributed by atoms with van der Waals surface area (Å²) in [5, 5.41) is 0. The van der Waals surface area contributed by atoms with Gasteiger partial charge < -0.3 is 4.57 Å². The zero-order valence-corrected chi connectivity index (χ0v) is 6.52. The summed E-state index contributed by atoms with van der Waals surface area (Å²) in [6.45, 7) is 1.98. The van der Waals surface area contributed by atoms with Crippen LogP contribution in [0, 0.1) is 6.92 Å². The molecule has 0 fully saturated rings. The summed E-state index contributed by atoms with van der Waals surface area (Å²) >= 11 is 4.09. The quantitative estimate of drug-likeness (QED) is 0.582. The molecule has 3 heteroatoms. The van der Waals surface area contributed by atoms with E-state index >= 15 is 0 Å². The predicted octanol–water partition coefficient (Wildman–Crippen LogP) is 1.16. The van der Waals surface area contributed by atoms with E-state index in [2.05, 4.69) is 17.6 Å². The Balaban J connectivity index is 2.98. The van der Waals surface area contributed by atoms with Crippen LogP contribution in [0.3, 0.4) is 0 Å². The van der Waals surface area contributed by atoms with E-state index in [0.29, 0.717) is 0 Å². The molecule has 50 valence electrons. The van der Waals surface area contributed by atoms with E-state index in [1.165, 1.54) is 0 Å². The summed E-state index contributed by atoms with van der Waals surface area (Å²) < 4.78 is 1.99. The van der Waals surface area contributed by atoms with Gasteiger partial charge in [-0.15, -0.1) is 0 Å². The summed E-state index contributed by atoms with van der Waals surface area (Å²) in [5.41, 5.74) is 1.04. The minimum absolute atomic E-state index is 0.724. The molecule has 1 rings (SSSR count). The molecule has 0 unspecified atom stereocenters. The average molecular weight is 142 g/mol. The second-order valence-electron chi connectivity index (χ2n) is 2.05. The lowest BCUT2D eigenvalue weighted by molar-refractivity contribution is 0.858. The molecule has 0 atom stereocenters. The summed E-state index contributed by atoms with van der Waals surface area (Å²) in [6, 6.07) is 0. The molecule has 1 heterocycles. The highest BCUT2D eigenvalue weighted by atomic mass is 32.1. The summed E-state index contributed by atoms with van der Waals surface area (Å²) in [7, 11) is 1.98. The molecule has 0 aliphatic rings. The van der Waals surface area contributed by atoms with Crippen molar-refractivity contribution in [2.75, 3.05) is 0 Å².